The Labute approximate surface area is 213 Å². The first-order valence-electron chi connectivity index (χ1n) is 12.4. The average molecular weight is 509 g/mol. The first-order valence-corrected chi connectivity index (χ1v) is 12.4. The summed E-state index contributed by atoms with van der Waals surface area (Å²) in [4.78, 5) is 54.1. The number of anilines is 1. The molecule has 3 atom stereocenters. The lowest BCUT2D eigenvalue weighted by Crippen LogP contribution is -2.48. The monoisotopic (exact) mass is 508 g/mol. The van der Waals surface area contributed by atoms with Crippen molar-refractivity contribution in [3.63, 3.8) is 0 Å². The van der Waals surface area contributed by atoms with Crippen LogP contribution in [0.5, 0.6) is 0 Å². The molecular weight excluding hydrogens is 479 g/mol. The molecule has 5 amide bonds. The lowest BCUT2D eigenvalue weighted by molar-refractivity contribution is -0.143. The van der Waals surface area contributed by atoms with E-state index in [0.717, 1.165) is 28.9 Å². The Morgan fingerprint density at radius 1 is 1.14 bits per heavy atom. The zero-order valence-corrected chi connectivity index (χ0v) is 20.8. The van der Waals surface area contributed by atoms with E-state index < -0.39 is 24.1 Å². The largest absolute Gasteiger partial charge is 0.427 e. The van der Waals surface area contributed by atoms with Crippen LogP contribution in [-0.4, -0.2) is 59.4 Å². The fraction of sp³-hybridized carbons (Fsp3) is 0.407. The van der Waals surface area contributed by atoms with Gasteiger partial charge in [0.25, 0.3) is 5.91 Å². The van der Waals surface area contributed by atoms with Crippen molar-refractivity contribution in [2.45, 2.75) is 56.7 Å². The van der Waals surface area contributed by atoms with E-state index in [0.29, 0.717) is 24.1 Å². The number of amides is 5. The number of hydrogen-bond donors (Lipinski definition) is 2. The Morgan fingerprint density at radius 2 is 1.89 bits per heavy atom. The number of aryl methyl sites for hydroxylation is 1. The Bertz CT molecular complexity index is 1270. The number of likely N-dealkylation sites (tertiary alicyclic amines) is 1. The Hall–Kier alpha value is -3.95. The summed E-state index contributed by atoms with van der Waals surface area (Å²) in [7, 11) is 1.51. The molecule has 2 N–H and O–H groups in total. The first kappa shape index (κ1) is 24.7. The summed E-state index contributed by atoms with van der Waals surface area (Å²) in [5.74, 6) is -1.18. The van der Waals surface area contributed by atoms with Gasteiger partial charge in [0.15, 0.2) is 0 Å². The molecule has 2 fully saturated rings. The molecule has 37 heavy (non-hydrogen) atoms. The van der Waals surface area contributed by atoms with Gasteiger partial charge in [-0.05, 0) is 68.0 Å². The maximum atomic E-state index is 13.5. The van der Waals surface area contributed by atoms with Crippen molar-refractivity contribution in [1.29, 1.82) is 0 Å². The van der Waals surface area contributed by atoms with E-state index in [1.807, 2.05) is 6.92 Å². The van der Waals surface area contributed by atoms with E-state index in [1.165, 1.54) is 19.2 Å². The number of urea groups is 1. The highest BCUT2D eigenvalue weighted by Gasteiger charge is 2.58. The maximum Gasteiger partial charge on any atom is 0.418 e. The van der Waals surface area contributed by atoms with Crippen molar-refractivity contribution in [2.24, 2.45) is 0 Å². The highest BCUT2D eigenvalue weighted by Crippen LogP contribution is 2.46. The van der Waals surface area contributed by atoms with E-state index in [1.54, 1.807) is 35.2 Å². The SMILES string of the molecule is CNC(=O)Nc1ccc2c(c1)CC[C@@]21OC(=O)N(CC(=O)N2C(Cc3ccc(F)cc3)CC[C@H]2C)C1=O. The van der Waals surface area contributed by atoms with Crippen LogP contribution in [0.25, 0.3) is 0 Å². The van der Waals surface area contributed by atoms with Crippen LogP contribution < -0.4 is 10.6 Å². The minimum absolute atomic E-state index is 0.0425. The van der Waals surface area contributed by atoms with Crippen LogP contribution in [0.15, 0.2) is 42.5 Å². The summed E-state index contributed by atoms with van der Waals surface area (Å²) in [6.07, 6.45) is 2.09. The molecule has 2 saturated heterocycles. The third-order valence-electron chi connectivity index (χ3n) is 7.60. The van der Waals surface area contributed by atoms with Crippen LogP contribution >= 0.6 is 0 Å². The van der Waals surface area contributed by atoms with Gasteiger partial charge in [0.1, 0.15) is 12.4 Å². The second kappa shape index (κ2) is 9.49. The molecule has 0 aromatic heterocycles. The molecule has 1 spiro atoms. The number of rotatable bonds is 5. The summed E-state index contributed by atoms with van der Waals surface area (Å²) in [5.41, 5.74) is 1.40. The number of hydrogen-bond acceptors (Lipinski definition) is 5. The Balaban J connectivity index is 1.31. The number of nitrogens with one attached hydrogen (secondary N) is 2. The van der Waals surface area contributed by atoms with Gasteiger partial charge in [0.05, 0.1) is 0 Å². The van der Waals surface area contributed by atoms with Crippen LogP contribution in [0.3, 0.4) is 0 Å². The molecule has 2 aliphatic heterocycles. The zero-order valence-electron chi connectivity index (χ0n) is 20.8. The van der Waals surface area contributed by atoms with Crippen LogP contribution in [-0.2, 0) is 32.8 Å². The molecule has 2 heterocycles. The lowest BCUT2D eigenvalue weighted by Gasteiger charge is -2.30. The molecule has 0 radical (unpaired) electrons. The second-order valence-electron chi connectivity index (χ2n) is 9.87. The molecule has 9 nitrogen and oxygen atoms in total. The highest BCUT2D eigenvalue weighted by molar-refractivity contribution is 6.06. The number of nitrogens with zero attached hydrogens (tertiary/aromatic N) is 2. The third-order valence-corrected chi connectivity index (χ3v) is 7.60. The van der Waals surface area contributed by atoms with Gasteiger partial charge in [-0.15, -0.1) is 0 Å². The molecule has 0 saturated carbocycles. The topological polar surface area (TPSA) is 108 Å². The van der Waals surface area contributed by atoms with Crippen molar-refractivity contribution in [3.05, 3.63) is 65.0 Å². The number of halogens is 1. The number of carbonyl (C=O) groups is 4. The van der Waals surface area contributed by atoms with Gasteiger partial charge in [-0.1, -0.05) is 18.2 Å². The number of ether oxygens (including phenoxy) is 1. The lowest BCUT2D eigenvalue weighted by atomic mass is 9.94. The smallest absolute Gasteiger partial charge is 0.418 e. The third kappa shape index (κ3) is 4.41. The minimum atomic E-state index is -1.46. The summed E-state index contributed by atoms with van der Waals surface area (Å²) >= 11 is 0. The van der Waals surface area contributed by atoms with Gasteiger partial charge in [0, 0.05) is 36.8 Å². The predicted molar refractivity (Wildman–Crippen MR) is 132 cm³/mol. The molecule has 10 heteroatoms. The quantitative estimate of drug-likeness (QED) is 0.644. The molecular formula is C27H29FN4O5. The highest BCUT2D eigenvalue weighted by atomic mass is 19.1. The van der Waals surface area contributed by atoms with Crippen LogP contribution in [0, 0.1) is 5.82 Å². The molecule has 0 bridgehead atoms. The molecule has 1 unspecified atom stereocenters. The van der Waals surface area contributed by atoms with Gasteiger partial charge in [0.2, 0.25) is 11.5 Å². The van der Waals surface area contributed by atoms with E-state index in [4.69, 9.17) is 4.74 Å². The van der Waals surface area contributed by atoms with Gasteiger partial charge in [-0.2, -0.15) is 0 Å². The van der Waals surface area contributed by atoms with Crippen molar-refractivity contribution in [2.75, 3.05) is 18.9 Å². The van der Waals surface area contributed by atoms with E-state index >= 15 is 0 Å². The van der Waals surface area contributed by atoms with Crippen molar-refractivity contribution in [3.8, 4) is 0 Å². The fourth-order valence-electron chi connectivity index (χ4n) is 5.76. The van der Waals surface area contributed by atoms with E-state index in [-0.39, 0.29) is 36.3 Å². The summed E-state index contributed by atoms with van der Waals surface area (Å²) in [6, 6.07) is 10.8. The average Bonchev–Trinajstić information content (AvgIpc) is 3.50. The van der Waals surface area contributed by atoms with E-state index in [9.17, 15) is 23.6 Å². The first-order chi connectivity index (χ1) is 17.7. The number of benzene rings is 2. The van der Waals surface area contributed by atoms with Crippen LogP contribution in [0.2, 0.25) is 0 Å². The van der Waals surface area contributed by atoms with Gasteiger partial charge >= 0.3 is 12.1 Å². The molecule has 2 aromatic rings. The zero-order chi connectivity index (χ0) is 26.3. The molecule has 1 aliphatic carbocycles. The summed E-state index contributed by atoms with van der Waals surface area (Å²) in [6.45, 7) is 1.56. The predicted octanol–water partition coefficient (Wildman–Crippen LogP) is 3.32. The number of carbonyl (C=O) groups excluding carboxylic acids is 4. The normalized spacial score (nSPS) is 24.4. The van der Waals surface area contributed by atoms with Crippen molar-refractivity contribution in [1.82, 2.24) is 15.1 Å². The van der Waals surface area contributed by atoms with E-state index in [2.05, 4.69) is 10.6 Å². The van der Waals surface area contributed by atoms with Crippen LogP contribution in [0.4, 0.5) is 19.7 Å². The fourth-order valence-corrected chi connectivity index (χ4v) is 5.76. The van der Waals surface area contributed by atoms with Gasteiger partial charge < -0.3 is 20.3 Å². The second-order valence-corrected chi connectivity index (χ2v) is 9.87. The number of fused-ring (bicyclic) bond motifs is 2. The Morgan fingerprint density at radius 3 is 2.62 bits per heavy atom. The summed E-state index contributed by atoms with van der Waals surface area (Å²) < 4.78 is 19.0. The molecule has 2 aromatic carbocycles. The van der Waals surface area contributed by atoms with Crippen molar-refractivity contribution >= 4 is 29.6 Å². The van der Waals surface area contributed by atoms with Crippen molar-refractivity contribution < 1.29 is 28.3 Å². The maximum absolute atomic E-state index is 13.5. The van der Waals surface area contributed by atoms with Gasteiger partial charge in [-0.3, -0.25) is 9.59 Å². The Kier molecular flexibility index (Phi) is 6.35. The van der Waals surface area contributed by atoms with Crippen LogP contribution in [0.1, 0.15) is 42.9 Å². The minimum Gasteiger partial charge on any atom is -0.427 e. The number of imide groups is 1. The summed E-state index contributed by atoms with van der Waals surface area (Å²) in [5, 5.41) is 5.17. The molecule has 3 aliphatic rings. The van der Waals surface area contributed by atoms with Gasteiger partial charge in [-0.25, -0.2) is 18.9 Å². The standard InChI is InChI=1S/C27H29FN4O5/c1-16-3-9-21(13-17-4-6-19(28)7-5-17)32(16)23(33)15-31-24(34)27(37-26(31)36)12-11-18-14-20(8-10-22(18)27)30-25(35)29-2/h4-8,10,14,16,21H,3,9,11-13,15H2,1-2H3,(H2,29,30,35)/t16-,21?,27-/m1/s1. The molecule has 194 valence electrons. The molecule has 5 rings (SSSR count).